The summed E-state index contributed by atoms with van der Waals surface area (Å²) in [6.45, 7) is 0.192. The van der Waals surface area contributed by atoms with Crippen molar-refractivity contribution in [2.24, 2.45) is 0 Å². The standard InChI is InChI=1S/C31H26N4O6/c1-41-30(39)25(37)17-24(36)27-32-28-26(33(27)18-21-11-5-2-6-12-21)29(38)35(20-23-15-9-4-10-16-23)31(40)34(28)19-22-13-7-3-8-14-22/h2-17,36H,18-20H2,1H3/b24-17+. The third kappa shape index (κ3) is 5.62. The Balaban J connectivity index is 1.81. The van der Waals surface area contributed by atoms with Crippen LogP contribution in [0.3, 0.4) is 0 Å². The van der Waals surface area contributed by atoms with Gasteiger partial charge in [-0.05, 0) is 16.7 Å². The summed E-state index contributed by atoms with van der Waals surface area (Å²) in [5.74, 6) is -3.09. The van der Waals surface area contributed by atoms with Crippen molar-refractivity contribution in [1.82, 2.24) is 18.7 Å². The van der Waals surface area contributed by atoms with Crippen LogP contribution in [-0.2, 0) is 34.0 Å². The molecule has 1 N–H and O–H groups in total. The van der Waals surface area contributed by atoms with Gasteiger partial charge in [0, 0.05) is 6.08 Å². The Kier molecular flexibility index (Phi) is 7.73. The van der Waals surface area contributed by atoms with Crippen molar-refractivity contribution in [3.8, 4) is 0 Å². The Morgan fingerprint density at radius 2 is 1.22 bits per heavy atom. The highest BCUT2D eigenvalue weighted by Crippen LogP contribution is 2.21. The quantitative estimate of drug-likeness (QED) is 0.129. The van der Waals surface area contributed by atoms with Gasteiger partial charge in [-0.2, -0.15) is 0 Å². The average molecular weight is 551 g/mol. The third-order valence-corrected chi connectivity index (χ3v) is 6.55. The fourth-order valence-electron chi connectivity index (χ4n) is 4.57. The maximum absolute atomic E-state index is 14.0. The van der Waals surface area contributed by atoms with Gasteiger partial charge in [-0.15, -0.1) is 0 Å². The molecular formula is C31H26N4O6. The number of aromatic nitrogens is 4. The van der Waals surface area contributed by atoms with Crippen LogP contribution in [0.5, 0.6) is 0 Å². The average Bonchev–Trinajstić information content (AvgIpc) is 3.37. The number of ketones is 1. The fourth-order valence-corrected chi connectivity index (χ4v) is 4.57. The lowest BCUT2D eigenvalue weighted by molar-refractivity contribution is -0.149. The number of benzene rings is 3. The Labute approximate surface area is 234 Å². The van der Waals surface area contributed by atoms with E-state index in [1.165, 1.54) is 9.13 Å². The van der Waals surface area contributed by atoms with Crippen molar-refractivity contribution >= 4 is 28.7 Å². The summed E-state index contributed by atoms with van der Waals surface area (Å²) in [7, 11) is 1.05. The van der Waals surface area contributed by atoms with Crippen LogP contribution in [-0.4, -0.2) is 42.7 Å². The van der Waals surface area contributed by atoms with E-state index in [4.69, 9.17) is 0 Å². The largest absolute Gasteiger partial charge is 0.504 e. The maximum Gasteiger partial charge on any atom is 0.378 e. The van der Waals surface area contributed by atoms with E-state index in [0.29, 0.717) is 6.08 Å². The number of hydrogen-bond donors (Lipinski definition) is 1. The van der Waals surface area contributed by atoms with Crippen molar-refractivity contribution in [1.29, 1.82) is 0 Å². The smallest absolute Gasteiger partial charge is 0.378 e. The summed E-state index contributed by atoms with van der Waals surface area (Å²) in [4.78, 5) is 56.4. The number of aliphatic hydroxyl groups is 1. The normalized spacial score (nSPS) is 11.5. The van der Waals surface area contributed by atoms with E-state index in [0.717, 1.165) is 28.4 Å². The van der Waals surface area contributed by atoms with E-state index in [-0.39, 0.29) is 36.6 Å². The molecule has 0 radical (unpaired) electrons. The van der Waals surface area contributed by atoms with Crippen LogP contribution in [0, 0.1) is 0 Å². The van der Waals surface area contributed by atoms with Crippen LogP contribution >= 0.6 is 0 Å². The Morgan fingerprint density at radius 1 is 0.756 bits per heavy atom. The molecule has 41 heavy (non-hydrogen) atoms. The molecule has 0 aliphatic rings. The minimum atomic E-state index is -1.17. The summed E-state index contributed by atoms with van der Waals surface area (Å²) in [6.07, 6.45) is 0.691. The molecule has 0 fully saturated rings. The second-order valence-corrected chi connectivity index (χ2v) is 9.30. The first-order valence-electron chi connectivity index (χ1n) is 12.8. The van der Waals surface area contributed by atoms with E-state index in [1.54, 1.807) is 0 Å². The van der Waals surface area contributed by atoms with Gasteiger partial charge in [0.05, 0.1) is 26.7 Å². The molecule has 3 aromatic carbocycles. The Morgan fingerprint density at radius 3 is 1.71 bits per heavy atom. The summed E-state index contributed by atoms with van der Waals surface area (Å²) < 4.78 is 8.41. The van der Waals surface area contributed by atoms with Crippen LogP contribution in [0.15, 0.2) is 107 Å². The number of aliphatic hydroxyl groups excluding tert-OH is 1. The first-order valence-corrected chi connectivity index (χ1v) is 12.8. The van der Waals surface area contributed by atoms with E-state index < -0.39 is 28.8 Å². The maximum atomic E-state index is 14.0. The molecule has 0 saturated heterocycles. The van der Waals surface area contributed by atoms with Gasteiger partial charge in [0.15, 0.2) is 22.7 Å². The van der Waals surface area contributed by atoms with Crippen LogP contribution in [0.25, 0.3) is 16.9 Å². The Bertz CT molecular complexity index is 1870. The van der Waals surface area contributed by atoms with Gasteiger partial charge < -0.3 is 14.4 Å². The molecule has 10 nitrogen and oxygen atoms in total. The molecule has 0 bridgehead atoms. The number of carbonyl (C=O) groups excluding carboxylic acids is 2. The number of hydrogen-bond acceptors (Lipinski definition) is 7. The zero-order valence-electron chi connectivity index (χ0n) is 22.1. The molecule has 2 heterocycles. The van der Waals surface area contributed by atoms with Crippen molar-refractivity contribution in [2.75, 3.05) is 7.11 Å². The summed E-state index contributed by atoms with van der Waals surface area (Å²) in [5, 5.41) is 11.0. The third-order valence-electron chi connectivity index (χ3n) is 6.55. The van der Waals surface area contributed by atoms with Gasteiger partial charge >= 0.3 is 11.7 Å². The predicted octanol–water partition coefficient (Wildman–Crippen LogP) is 3.15. The molecule has 0 aliphatic heterocycles. The highest BCUT2D eigenvalue weighted by Gasteiger charge is 2.25. The molecule has 0 unspecified atom stereocenters. The number of carbonyl (C=O) groups is 2. The molecule has 0 spiro atoms. The number of rotatable bonds is 9. The van der Waals surface area contributed by atoms with Gasteiger partial charge in [-0.25, -0.2) is 14.6 Å². The summed E-state index contributed by atoms with van der Waals surface area (Å²) in [5.41, 5.74) is 1.21. The number of imidazole rings is 1. The lowest BCUT2D eigenvalue weighted by Gasteiger charge is -2.13. The topological polar surface area (TPSA) is 125 Å². The monoisotopic (exact) mass is 550 g/mol. The van der Waals surface area contributed by atoms with Crippen molar-refractivity contribution in [3.63, 3.8) is 0 Å². The van der Waals surface area contributed by atoms with E-state index in [2.05, 4.69) is 9.72 Å². The minimum Gasteiger partial charge on any atom is -0.504 e. The first-order chi connectivity index (χ1) is 19.9. The van der Waals surface area contributed by atoms with Gasteiger partial charge in [-0.1, -0.05) is 91.0 Å². The molecule has 0 atom stereocenters. The van der Waals surface area contributed by atoms with Gasteiger partial charge in [-0.3, -0.25) is 18.7 Å². The van der Waals surface area contributed by atoms with Gasteiger partial charge in [0.25, 0.3) is 11.3 Å². The highest BCUT2D eigenvalue weighted by molar-refractivity contribution is 6.39. The molecule has 0 amide bonds. The summed E-state index contributed by atoms with van der Waals surface area (Å²) >= 11 is 0. The van der Waals surface area contributed by atoms with Crippen molar-refractivity contribution in [3.05, 3.63) is 140 Å². The second kappa shape index (κ2) is 11.7. The molecule has 2 aromatic heterocycles. The van der Waals surface area contributed by atoms with Crippen molar-refractivity contribution in [2.45, 2.75) is 19.6 Å². The molecule has 5 rings (SSSR count). The van der Waals surface area contributed by atoms with Crippen LogP contribution < -0.4 is 11.2 Å². The van der Waals surface area contributed by atoms with Crippen LogP contribution in [0.2, 0.25) is 0 Å². The lowest BCUT2D eigenvalue weighted by atomic mass is 10.2. The van der Waals surface area contributed by atoms with Gasteiger partial charge in [0.2, 0.25) is 0 Å². The van der Waals surface area contributed by atoms with E-state index >= 15 is 0 Å². The SMILES string of the molecule is COC(=O)C(=O)/C=C(/O)c1nc2c(c(=O)n(Cc3ccccc3)c(=O)n2Cc2ccccc2)n1Cc1ccccc1. The second-order valence-electron chi connectivity index (χ2n) is 9.30. The molecule has 0 saturated carbocycles. The number of esters is 1. The predicted molar refractivity (Wildman–Crippen MR) is 153 cm³/mol. The number of ether oxygens (including phenoxy) is 1. The molecule has 0 aliphatic carbocycles. The zero-order valence-corrected chi connectivity index (χ0v) is 22.1. The molecular weight excluding hydrogens is 524 g/mol. The Hall–Kier alpha value is -5.51. The highest BCUT2D eigenvalue weighted by atomic mass is 16.5. The number of fused-ring (bicyclic) bond motifs is 1. The van der Waals surface area contributed by atoms with E-state index in [9.17, 15) is 24.3 Å². The van der Waals surface area contributed by atoms with E-state index in [1.807, 2.05) is 91.0 Å². The van der Waals surface area contributed by atoms with Crippen molar-refractivity contribution < 1.29 is 19.4 Å². The van der Waals surface area contributed by atoms with Crippen LogP contribution in [0.1, 0.15) is 22.5 Å². The number of nitrogens with zero attached hydrogens (tertiary/aromatic N) is 4. The zero-order chi connectivity index (χ0) is 28.9. The molecule has 5 aromatic rings. The van der Waals surface area contributed by atoms with Crippen LogP contribution in [0.4, 0.5) is 0 Å². The first kappa shape index (κ1) is 27.1. The minimum absolute atomic E-state index is 0.0116. The lowest BCUT2D eigenvalue weighted by Crippen LogP contribution is -2.41. The number of methoxy groups -OCH3 is 1. The molecule has 206 valence electrons. The fraction of sp³-hybridized carbons (Fsp3) is 0.129. The van der Waals surface area contributed by atoms with Gasteiger partial charge in [0.1, 0.15) is 0 Å². The summed E-state index contributed by atoms with van der Waals surface area (Å²) in [6, 6.07) is 27.5. The molecule has 10 heteroatoms.